The van der Waals surface area contributed by atoms with Crippen molar-refractivity contribution in [2.24, 2.45) is 0 Å². The monoisotopic (exact) mass is 595 g/mol. The van der Waals surface area contributed by atoms with Gasteiger partial charge in [-0.25, -0.2) is 9.59 Å². The number of hydrogen-bond donors (Lipinski definition) is 3. The van der Waals surface area contributed by atoms with E-state index in [9.17, 15) is 24.3 Å². The highest BCUT2D eigenvalue weighted by Gasteiger charge is 2.39. The minimum atomic E-state index is -1.08. The fourth-order valence-corrected chi connectivity index (χ4v) is 5.09. The fraction of sp³-hybridized carbons (Fsp3) is 0.515. The summed E-state index contributed by atoms with van der Waals surface area (Å²) in [7, 11) is 0. The molecule has 43 heavy (non-hydrogen) atoms. The molecule has 0 saturated heterocycles. The Hall–Kier alpha value is -4.08. The molecule has 0 aliphatic carbocycles. The van der Waals surface area contributed by atoms with Crippen LogP contribution in [0.5, 0.6) is 5.75 Å². The van der Waals surface area contributed by atoms with Gasteiger partial charge in [-0.2, -0.15) is 0 Å². The van der Waals surface area contributed by atoms with Gasteiger partial charge in [0.1, 0.15) is 35.1 Å². The van der Waals surface area contributed by atoms with Gasteiger partial charge in [0.15, 0.2) is 0 Å². The number of aryl methyl sites for hydroxylation is 2. The first-order valence-corrected chi connectivity index (χ1v) is 14.5. The number of phenols is 1. The van der Waals surface area contributed by atoms with Crippen molar-refractivity contribution in [3.05, 3.63) is 64.2 Å². The van der Waals surface area contributed by atoms with Crippen molar-refractivity contribution >= 4 is 23.9 Å². The van der Waals surface area contributed by atoms with Gasteiger partial charge in [0.05, 0.1) is 0 Å². The number of alkyl carbamates (subject to hydrolysis) is 1. The van der Waals surface area contributed by atoms with Crippen LogP contribution in [0.1, 0.15) is 76.3 Å². The molecule has 1 heterocycles. The number of carbonyl (C=O) groups is 4. The topological polar surface area (TPSA) is 134 Å². The highest BCUT2D eigenvalue weighted by molar-refractivity contribution is 5.94. The molecule has 3 atom stereocenters. The van der Waals surface area contributed by atoms with E-state index in [2.05, 4.69) is 10.6 Å². The number of hydrogen-bond acceptors (Lipinski definition) is 7. The van der Waals surface area contributed by atoms with Gasteiger partial charge in [0.2, 0.25) is 11.8 Å². The van der Waals surface area contributed by atoms with Gasteiger partial charge in [0.25, 0.3) is 0 Å². The smallest absolute Gasteiger partial charge is 0.408 e. The molecular formula is C33H45N3O7. The van der Waals surface area contributed by atoms with Crippen molar-refractivity contribution < 1.29 is 33.8 Å². The lowest BCUT2D eigenvalue weighted by Crippen LogP contribution is -2.59. The van der Waals surface area contributed by atoms with Gasteiger partial charge < -0.3 is 30.1 Å². The Balaban J connectivity index is 1.97. The average Bonchev–Trinajstić information content (AvgIpc) is 2.86. The maximum atomic E-state index is 14.4. The molecule has 2 aromatic carbocycles. The maximum Gasteiger partial charge on any atom is 0.408 e. The zero-order valence-electron chi connectivity index (χ0n) is 26.7. The van der Waals surface area contributed by atoms with Crippen molar-refractivity contribution in [2.75, 3.05) is 0 Å². The summed E-state index contributed by atoms with van der Waals surface area (Å²) in [5.74, 6) is -1.46. The van der Waals surface area contributed by atoms with Crippen LogP contribution >= 0.6 is 0 Å². The third kappa shape index (κ3) is 9.20. The normalized spacial score (nSPS) is 16.4. The minimum absolute atomic E-state index is 0.102. The molecule has 10 nitrogen and oxygen atoms in total. The summed E-state index contributed by atoms with van der Waals surface area (Å²) in [6.45, 7) is 15.7. The van der Waals surface area contributed by atoms with E-state index in [-0.39, 0.29) is 25.1 Å². The van der Waals surface area contributed by atoms with Crippen LogP contribution in [0.3, 0.4) is 0 Å². The number of phenolic OH excluding ortho intramolecular Hbond substituents is 1. The molecule has 234 valence electrons. The molecule has 10 heteroatoms. The minimum Gasteiger partial charge on any atom is -0.508 e. The number of fused-ring (bicyclic) bond motifs is 1. The Kier molecular flexibility index (Phi) is 10.1. The van der Waals surface area contributed by atoms with Gasteiger partial charge in [-0.05, 0) is 102 Å². The van der Waals surface area contributed by atoms with Crippen molar-refractivity contribution in [1.29, 1.82) is 0 Å². The molecule has 1 aliphatic rings. The highest BCUT2D eigenvalue weighted by Crippen LogP contribution is 2.27. The predicted octanol–water partition coefficient (Wildman–Crippen LogP) is 4.24. The molecular weight excluding hydrogens is 550 g/mol. The van der Waals surface area contributed by atoms with Crippen LogP contribution in [-0.4, -0.2) is 63.2 Å². The number of rotatable bonds is 7. The highest BCUT2D eigenvalue weighted by atomic mass is 16.6. The molecule has 1 aliphatic heterocycles. The van der Waals surface area contributed by atoms with Crippen LogP contribution in [0.4, 0.5) is 4.79 Å². The van der Waals surface area contributed by atoms with Gasteiger partial charge in [-0.3, -0.25) is 9.59 Å². The Morgan fingerprint density at radius 2 is 1.49 bits per heavy atom. The van der Waals surface area contributed by atoms with E-state index < -0.39 is 53.2 Å². The number of benzene rings is 2. The van der Waals surface area contributed by atoms with E-state index >= 15 is 0 Å². The molecule has 0 spiro atoms. The number of esters is 1. The lowest BCUT2D eigenvalue weighted by molar-refractivity contribution is -0.158. The molecule has 2 aromatic rings. The second kappa shape index (κ2) is 13.1. The van der Waals surface area contributed by atoms with Crippen LogP contribution in [0.2, 0.25) is 0 Å². The zero-order chi connectivity index (χ0) is 32.3. The van der Waals surface area contributed by atoms with E-state index in [0.29, 0.717) is 0 Å². The van der Waals surface area contributed by atoms with Gasteiger partial charge in [-0.1, -0.05) is 24.3 Å². The summed E-state index contributed by atoms with van der Waals surface area (Å²) >= 11 is 0. The third-order valence-electron chi connectivity index (χ3n) is 7.03. The predicted molar refractivity (Wildman–Crippen MR) is 162 cm³/mol. The number of ether oxygens (including phenoxy) is 2. The zero-order valence-corrected chi connectivity index (χ0v) is 26.7. The van der Waals surface area contributed by atoms with Crippen LogP contribution < -0.4 is 10.6 Å². The molecule has 3 amide bonds. The number of amides is 3. The van der Waals surface area contributed by atoms with Crippen molar-refractivity contribution in [3.8, 4) is 5.75 Å². The van der Waals surface area contributed by atoms with E-state index in [1.807, 2.05) is 38.1 Å². The Labute approximate surface area is 254 Å². The molecule has 0 radical (unpaired) electrons. The Morgan fingerprint density at radius 1 is 0.930 bits per heavy atom. The number of carbonyl (C=O) groups excluding carboxylic acids is 4. The second-order valence-corrected chi connectivity index (χ2v) is 13.2. The van der Waals surface area contributed by atoms with E-state index in [4.69, 9.17) is 9.47 Å². The summed E-state index contributed by atoms with van der Waals surface area (Å²) < 4.78 is 10.9. The van der Waals surface area contributed by atoms with Crippen molar-refractivity contribution in [1.82, 2.24) is 15.5 Å². The first-order chi connectivity index (χ1) is 19.8. The standard InChI is InChI=1S/C33H45N3O7/c1-19-14-24(37)15-20(2)25(19)17-26(35-31(41)43-33(7,8)9)29(39)36-18-23-13-11-10-12-22(23)16-27(36)28(38)34-21(3)30(40)42-32(4,5)6/h10-15,21,26-27,37H,16-18H2,1-9H3,(H,34,38)(H,35,41)/t21-,26+,27?/m0/s1. The number of nitrogens with one attached hydrogen (secondary N) is 2. The van der Waals surface area contributed by atoms with E-state index in [1.54, 1.807) is 53.7 Å². The fourth-order valence-electron chi connectivity index (χ4n) is 5.09. The quantitative estimate of drug-likeness (QED) is 0.408. The van der Waals surface area contributed by atoms with Gasteiger partial charge in [-0.15, -0.1) is 0 Å². The van der Waals surface area contributed by atoms with Crippen LogP contribution in [-0.2, 0) is 43.2 Å². The van der Waals surface area contributed by atoms with E-state index in [1.165, 1.54) is 11.8 Å². The molecule has 0 saturated carbocycles. The lowest BCUT2D eigenvalue weighted by atomic mass is 9.91. The first-order valence-electron chi connectivity index (χ1n) is 14.5. The Bertz CT molecular complexity index is 1350. The third-order valence-corrected chi connectivity index (χ3v) is 7.03. The second-order valence-electron chi connectivity index (χ2n) is 13.2. The first kappa shape index (κ1) is 33.4. The molecule has 0 aromatic heterocycles. The summed E-state index contributed by atoms with van der Waals surface area (Å²) in [5.41, 5.74) is 2.56. The molecule has 0 bridgehead atoms. The molecule has 0 fully saturated rings. The number of nitrogens with zero attached hydrogens (tertiary/aromatic N) is 1. The Morgan fingerprint density at radius 3 is 2.05 bits per heavy atom. The van der Waals surface area contributed by atoms with E-state index in [0.717, 1.165) is 27.8 Å². The summed E-state index contributed by atoms with van der Waals surface area (Å²) in [4.78, 5) is 55.1. The van der Waals surface area contributed by atoms with Crippen LogP contribution in [0.25, 0.3) is 0 Å². The molecule has 1 unspecified atom stereocenters. The van der Waals surface area contributed by atoms with Gasteiger partial charge in [0, 0.05) is 19.4 Å². The lowest BCUT2D eigenvalue weighted by Gasteiger charge is -2.38. The molecule has 3 rings (SSSR count). The summed E-state index contributed by atoms with van der Waals surface area (Å²) in [6.07, 6.45) is -0.431. The summed E-state index contributed by atoms with van der Waals surface area (Å²) in [5, 5.41) is 15.5. The summed E-state index contributed by atoms with van der Waals surface area (Å²) in [6, 6.07) is 7.78. The van der Waals surface area contributed by atoms with Gasteiger partial charge >= 0.3 is 12.1 Å². The molecule has 3 N–H and O–H groups in total. The van der Waals surface area contributed by atoms with Crippen LogP contribution in [0.15, 0.2) is 36.4 Å². The largest absolute Gasteiger partial charge is 0.508 e. The van der Waals surface area contributed by atoms with Crippen LogP contribution in [0, 0.1) is 13.8 Å². The average molecular weight is 596 g/mol. The van der Waals surface area contributed by atoms with Crippen molar-refractivity contribution in [3.63, 3.8) is 0 Å². The van der Waals surface area contributed by atoms with Crippen molar-refractivity contribution in [2.45, 2.75) is 111 Å². The number of aromatic hydroxyl groups is 1. The SMILES string of the molecule is Cc1cc(O)cc(C)c1C[C@@H](NC(=O)OC(C)(C)C)C(=O)N1Cc2ccccc2CC1C(=O)N[C@@H](C)C(=O)OC(C)(C)C. The maximum absolute atomic E-state index is 14.4.